The average Bonchev–Trinajstić information content (AvgIpc) is 2.91. The quantitative estimate of drug-likeness (QED) is 0.705. The van der Waals surface area contributed by atoms with Gasteiger partial charge in [0.25, 0.3) is 0 Å². The van der Waals surface area contributed by atoms with E-state index in [2.05, 4.69) is 11.8 Å². The van der Waals surface area contributed by atoms with Gasteiger partial charge in [0.2, 0.25) is 0 Å². The number of sulfone groups is 1. The fourth-order valence-electron chi connectivity index (χ4n) is 2.62. The minimum absolute atomic E-state index is 0.0337. The van der Waals surface area contributed by atoms with E-state index in [-0.39, 0.29) is 13.0 Å². The van der Waals surface area contributed by atoms with E-state index in [0.29, 0.717) is 11.3 Å². The number of aliphatic carboxylic acids is 1. The van der Waals surface area contributed by atoms with Crippen molar-refractivity contribution in [3.63, 3.8) is 0 Å². The number of benzene rings is 1. The normalized spacial score (nSPS) is 19.4. The number of aliphatic hydroxyl groups is 1. The Morgan fingerprint density at radius 1 is 1.29 bits per heavy atom. The number of carbonyl (C=O) groups excluding carboxylic acids is 1. The maximum absolute atomic E-state index is 12.2. The molecule has 28 heavy (non-hydrogen) atoms. The second kappa shape index (κ2) is 7.45. The first kappa shape index (κ1) is 21.7. The number of amides is 1. The van der Waals surface area contributed by atoms with E-state index in [1.54, 1.807) is 38.1 Å². The van der Waals surface area contributed by atoms with Crippen LogP contribution >= 0.6 is 0 Å². The van der Waals surface area contributed by atoms with Gasteiger partial charge in [-0.15, -0.1) is 0 Å². The highest BCUT2D eigenvalue weighted by molar-refractivity contribution is 7.92. The van der Waals surface area contributed by atoms with Crippen LogP contribution in [0, 0.1) is 11.8 Å². The molecule has 1 aliphatic rings. The van der Waals surface area contributed by atoms with Gasteiger partial charge in [-0.2, -0.15) is 0 Å². The lowest BCUT2D eigenvalue weighted by molar-refractivity contribution is -0.140. The maximum atomic E-state index is 12.2. The third kappa shape index (κ3) is 4.82. The van der Waals surface area contributed by atoms with Crippen molar-refractivity contribution in [3.05, 3.63) is 29.8 Å². The van der Waals surface area contributed by atoms with Crippen molar-refractivity contribution in [2.45, 2.75) is 43.6 Å². The van der Waals surface area contributed by atoms with E-state index in [9.17, 15) is 28.2 Å². The van der Waals surface area contributed by atoms with Gasteiger partial charge in [0, 0.05) is 23.9 Å². The zero-order valence-corrected chi connectivity index (χ0v) is 16.9. The molecule has 1 heterocycles. The number of carboxylic acids is 1. The van der Waals surface area contributed by atoms with Gasteiger partial charge >= 0.3 is 12.1 Å². The van der Waals surface area contributed by atoms with Gasteiger partial charge in [-0.1, -0.05) is 11.8 Å². The lowest BCUT2D eigenvalue weighted by Gasteiger charge is -2.24. The predicted molar refractivity (Wildman–Crippen MR) is 103 cm³/mol. The first-order chi connectivity index (χ1) is 12.7. The van der Waals surface area contributed by atoms with Gasteiger partial charge in [-0.3, -0.25) is 9.69 Å². The second-order valence-corrected chi connectivity index (χ2v) is 9.93. The number of ether oxygens (including phenoxy) is 1. The van der Waals surface area contributed by atoms with Gasteiger partial charge in [-0.05, 0) is 45.0 Å². The first-order valence-corrected chi connectivity index (χ1v) is 10.4. The molecule has 8 nitrogen and oxygen atoms in total. The van der Waals surface area contributed by atoms with Crippen molar-refractivity contribution < 1.29 is 33.0 Å². The van der Waals surface area contributed by atoms with Crippen LogP contribution in [0.25, 0.3) is 0 Å². The topological polar surface area (TPSA) is 121 Å². The van der Waals surface area contributed by atoms with E-state index >= 15 is 0 Å². The number of cyclic esters (lactones) is 1. The van der Waals surface area contributed by atoms with Crippen LogP contribution in [0.4, 0.5) is 10.5 Å². The Bertz CT molecular complexity index is 935. The largest absolute Gasteiger partial charge is 0.480 e. The van der Waals surface area contributed by atoms with E-state index in [1.807, 2.05) is 0 Å². The molecule has 1 aromatic rings. The lowest BCUT2D eigenvalue weighted by Crippen LogP contribution is -2.46. The molecule has 1 amide bonds. The molecule has 2 rings (SSSR count). The SMILES string of the molecule is CC(C)(O)C#Cc1ccc(N2CC(CC(C)(C(=O)O)S(C)(=O)=O)OC2=O)cc1. The summed E-state index contributed by atoms with van der Waals surface area (Å²) in [5, 5.41) is 19.0. The highest BCUT2D eigenvalue weighted by Crippen LogP contribution is 2.30. The van der Waals surface area contributed by atoms with Gasteiger partial charge in [0.15, 0.2) is 14.6 Å². The summed E-state index contributed by atoms with van der Waals surface area (Å²) in [6.45, 7) is 4.27. The lowest BCUT2D eigenvalue weighted by atomic mass is 10.0. The molecule has 2 atom stereocenters. The fourth-order valence-corrected chi connectivity index (χ4v) is 3.43. The molecule has 0 aliphatic carbocycles. The van der Waals surface area contributed by atoms with E-state index in [4.69, 9.17) is 4.74 Å². The fraction of sp³-hybridized carbons (Fsp3) is 0.474. The molecule has 0 saturated carbocycles. The third-order valence-corrected chi connectivity index (χ3v) is 6.43. The molecule has 0 radical (unpaired) electrons. The maximum Gasteiger partial charge on any atom is 0.414 e. The third-order valence-electron chi connectivity index (χ3n) is 4.45. The number of hydrogen-bond donors (Lipinski definition) is 2. The Morgan fingerprint density at radius 2 is 1.86 bits per heavy atom. The summed E-state index contributed by atoms with van der Waals surface area (Å²) in [5.74, 6) is 4.01. The molecule has 9 heteroatoms. The monoisotopic (exact) mass is 409 g/mol. The second-order valence-electron chi connectivity index (χ2n) is 7.48. The molecule has 152 valence electrons. The minimum atomic E-state index is -3.92. The molecule has 1 aliphatic heterocycles. The van der Waals surface area contributed by atoms with Gasteiger partial charge in [-0.25, -0.2) is 13.2 Å². The Labute approximate surface area is 164 Å². The van der Waals surface area contributed by atoms with Crippen LogP contribution in [-0.2, 0) is 19.4 Å². The number of carbonyl (C=O) groups is 2. The molecule has 1 fully saturated rings. The minimum Gasteiger partial charge on any atom is -0.480 e. The van der Waals surface area contributed by atoms with Crippen LogP contribution in [-0.4, -0.2) is 59.9 Å². The van der Waals surface area contributed by atoms with Gasteiger partial charge in [0.05, 0.1) is 6.54 Å². The van der Waals surface area contributed by atoms with E-state index in [0.717, 1.165) is 13.2 Å². The van der Waals surface area contributed by atoms with Crippen LogP contribution in [0.5, 0.6) is 0 Å². The number of carboxylic acid groups (broad SMARTS) is 1. The van der Waals surface area contributed by atoms with E-state index < -0.39 is 38.4 Å². The average molecular weight is 409 g/mol. The molecule has 0 spiro atoms. The molecular formula is C19H23NO7S. The Hall–Kier alpha value is -2.57. The molecular weight excluding hydrogens is 386 g/mol. The summed E-state index contributed by atoms with van der Waals surface area (Å²) in [7, 11) is -3.92. The van der Waals surface area contributed by atoms with Gasteiger partial charge < -0.3 is 14.9 Å². The summed E-state index contributed by atoms with van der Waals surface area (Å²) in [6, 6.07) is 6.63. The van der Waals surface area contributed by atoms with Crippen molar-refractivity contribution in [1.29, 1.82) is 0 Å². The highest BCUT2D eigenvalue weighted by Gasteiger charge is 2.48. The summed E-state index contributed by atoms with van der Waals surface area (Å²) < 4.78 is 27.0. The smallest absolute Gasteiger partial charge is 0.414 e. The molecule has 0 bridgehead atoms. The van der Waals surface area contributed by atoms with Crippen molar-refractivity contribution in [2.24, 2.45) is 0 Å². The standard InChI is InChI=1S/C19H23NO7S/c1-18(2,24)10-9-13-5-7-14(8-6-13)20-12-15(27-17(20)23)11-19(3,16(21)22)28(4,25)26/h5-8,15,24H,11-12H2,1-4H3,(H,21,22). The Kier molecular flexibility index (Phi) is 5.78. The molecule has 2 N–H and O–H groups in total. The molecule has 1 aromatic carbocycles. The number of rotatable bonds is 5. The van der Waals surface area contributed by atoms with Crippen molar-refractivity contribution in [2.75, 3.05) is 17.7 Å². The van der Waals surface area contributed by atoms with Crippen LogP contribution < -0.4 is 4.90 Å². The van der Waals surface area contributed by atoms with Crippen molar-refractivity contribution in [1.82, 2.24) is 0 Å². The summed E-state index contributed by atoms with van der Waals surface area (Å²) in [6.07, 6.45) is -1.05. The molecule has 0 aromatic heterocycles. The number of anilines is 1. The predicted octanol–water partition coefficient (Wildman–Crippen LogP) is 1.41. The Balaban J connectivity index is 2.16. The van der Waals surface area contributed by atoms with Crippen LogP contribution in [0.3, 0.4) is 0 Å². The van der Waals surface area contributed by atoms with Crippen LogP contribution in [0.2, 0.25) is 0 Å². The van der Waals surface area contributed by atoms with Crippen molar-refractivity contribution >= 4 is 27.6 Å². The zero-order chi connectivity index (χ0) is 21.3. The Morgan fingerprint density at radius 3 is 2.32 bits per heavy atom. The summed E-state index contributed by atoms with van der Waals surface area (Å²) in [4.78, 5) is 25.0. The zero-order valence-electron chi connectivity index (χ0n) is 16.1. The van der Waals surface area contributed by atoms with Crippen LogP contribution in [0.15, 0.2) is 24.3 Å². The number of hydrogen-bond acceptors (Lipinski definition) is 6. The molecule has 1 saturated heterocycles. The van der Waals surface area contributed by atoms with Crippen LogP contribution in [0.1, 0.15) is 32.8 Å². The van der Waals surface area contributed by atoms with Gasteiger partial charge in [0.1, 0.15) is 11.7 Å². The highest BCUT2D eigenvalue weighted by atomic mass is 32.2. The first-order valence-electron chi connectivity index (χ1n) is 8.50. The summed E-state index contributed by atoms with van der Waals surface area (Å²) in [5.41, 5.74) is 0.0318. The molecule has 2 unspecified atom stereocenters. The van der Waals surface area contributed by atoms with E-state index in [1.165, 1.54) is 4.90 Å². The summed E-state index contributed by atoms with van der Waals surface area (Å²) >= 11 is 0. The number of nitrogens with zero attached hydrogens (tertiary/aromatic N) is 1. The van der Waals surface area contributed by atoms with Crippen molar-refractivity contribution in [3.8, 4) is 11.8 Å².